The molecule has 1 aromatic heterocycles. The summed E-state index contributed by atoms with van der Waals surface area (Å²) in [5, 5.41) is 16.8. The first kappa shape index (κ1) is 13.9. The quantitative estimate of drug-likeness (QED) is 0.755. The molecule has 0 radical (unpaired) electrons. The summed E-state index contributed by atoms with van der Waals surface area (Å²) in [5.41, 5.74) is 0. The van der Waals surface area contributed by atoms with Crippen molar-refractivity contribution >= 4 is 0 Å². The molecule has 2 N–H and O–H groups in total. The maximum atomic E-state index is 9.53. The summed E-state index contributed by atoms with van der Waals surface area (Å²) in [7, 11) is 4.29. The number of β-amino-alcohol motifs (C(OH)–C–C–N with tert-alkyl or cyclic N) is 1. The molecule has 0 saturated carbocycles. The van der Waals surface area contributed by atoms with Gasteiger partial charge < -0.3 is 24.7 Å². The van der Waals surface area contributed by atoms with Crippen LogP contribution in [0.25, 0.3) is 0 Å². The third kappa shape index (κ3) is 3.01. The maximum Gasteiger partial charge on any atom is 0.243 e. The number of rotatable bonds is 3. The Bertz CT molecular complexity index is 452. The molecule has 3 atom stereocenters. The minimum Gasteiger partial charge on any atom is -0.392 e. The molecule has 0 aliphatic carbocycles. The molecule has 7 nitrogen and oxygen atoms in total. The van der Waals surface area contributed by atoms with Crippen LogP contribution in [0.15, 0.2) is 4.52 Å². The van der Waals surface area contributed by atoms with Crippen molar-refractivity contribution in [2.45, 2.75) is 31.0 Å². The molecule has 2 aliphatic heterocycles. The summed E-state index contributed by atoms with van der Waals surface area (Å²) in [6.45, 7) is 3.80. The topological polar surface area (TPSA) is 77.7 Å². The third-order valence-electron chi connectivity index (χ3n) is 4.29. The minimum absolute atomic E-state index is 0.00184. The van der Waals surface area contributed by atoms with Gasteiger partial charge >= 0.3 is 0 Å². The zero-order valence-corrected chi connectivity index (χ0v) is 12.1. The zero-order valence-electron chi connectivity index (χ0n) is 12.1. The van der Waals surface area contributed by atoms with E-state index in [1.165, 1.54) is 0 Å². The van der Waals surface area contributed by atoms with Crippen molar-refractivity contribution < 1.29 is 9.63 Å². The lowest BCUT2D eigenvalue weighted by Crippen LogP contribution is -2.50. The number of nitrogens with one attached hydrogen (secondary N) is 1. The average molecular weight is 281 g/mol. The van der Waals surface area contributed by atoms with Crippen LogP contribution < -0.4 is 5.32 Å². The predicted molar refractivity (Wildman–Crippen MR) is 73.3 cm³/mol. The first-order chi connectivity index (χ1) is 9.61. The van der Waals surface area contributed by atoms with E-state index in [1.807, 2.05) is 0 Å². The fourth-order valence-electron chi connectivity index (χ4n) is 2.93. The minimum atomic E-state index is -0.312. The second-order valence-electron chi connectivity index (χ2n) is 6.00. The first-order valence-electron chi connectivity index (χ1n) is 7.24. The van der Waals surface area contributed by atoms with Gasteiger partial charge in [-0.15, -0.1) is 0 Å². The summed E-state index contributed by atoms with van der Waals surface area (Å²) in [4.78, 5) is 9.17. The van der Waals surface area contributed by atoms with Crippen molar-refractivity contribution in [1.29, 1.82) is 0 Å². The van der Waals surface area contributed by atoms with Gasteiger partial charge in [0, 0.05) is 38.6 Å². The Kier molecular flexibility index (Phi) is 4.02. The second kappa shape index (κ2) is 5.77. The zero-order chi connectivity index (χ0) is 14.1. The van der Waals surface area contributed by atoms with Gasteiger partial charge in [0.2, 0.25) is 5.89 Å². The fraction of sp³-hybridized carbons (Fsp3) is 0.846. The van der Waals surface area contributed by atoms with Gasteiger partial charge in [-0.2, -0.15) is 4.98 Å². The number of hydrogen-bond acceptors (Lipinski definition) is 7. The lowest BCUT2D eigenvalue weighted by Gasteiger charge is -2.37. The van der Waals surface area contributed by atoms with Gasteiger partial charge in [0.15, 0.2) is 5.82 Å². The van der Waals surface area contributed by atoms with Gasteiger partial charge in [-0.1, -0.05) is 5.16 Å². The van der Waals surface area contributed by atoms with Gasteiger partial charge in [-0.25, -0.2) is 0 Å². The predicted octanol–water partition coefficient (Wildman–Crippen LogP) is -0.747. The Labute approximate surface area is 118 Å². The van der Waals surface area contributed by atoms with E-state index in [1.54, 1.807) is 0 Å². The fourth-order valence-corrected chi connectivity index (χ4v) is 2.93. The van der Waals surface area contributed by atoms with Gasteiger partial charge in [-0.3, -0.25) is 0 Å². The van der Waals surface area contributed by atoms with E-state index in [0.29, 0.717) is 24.9 Å². The molecule has 3 rings (SSSR count). The molecule has 3 heterocycles. The smallest absolute Gasteiger partial charge is 0.243 e. The number of aliphatic hydroxyl groups excluding tert-OH is 1. The van der Waals surface area contributed by atoms with E-state index in [4.69, 9.17) is 4.52 Å². The van der Waals surface area contributed by atoms with Gasteiger partial charge in [0.1, 0.15) is 0 Å². The molecule has 112 valence electrons. The van der Waals surface area contributed by atoms with Crippen LogP contribution in [0.4, 0.5) is 0 Å². The molecule has 0 amide bonds. The third-order valence-corrected chi connectivity index (χ3v) is 4.29. The number of likely N-dealkylation sites (N-methyl/N-ethyl adjacent to an activating group) is 2. The molecule has 0 spiro atoms. The highest BCUT2D eigenvalue weighted by atomic mass is 16.5. The summed E-state index contributed by atoms with van der Waals surface area (Å²) in [6.07, 6.45) is 1.14. The molecule has 7 heteroatoms. The lowest BCUT2D eigenvalue weighted by atomic mass is 10.1. The van der Waals surface area contributed by atoms with Gasteiger partial charge in [-0.05, 0) is 20.5 Å². The van der Waals surface area contributed by atoms with Crippen molar-refractivity contribution in [3.05, 3.63) is 11.7 Å². The van der Waals surface area contributed by atoms with Crippen LogP contribution in [0.5, 0.6) is 0 Å². The normalized spacial score (nSPS) is 32.9. The van der Waals surface area contributed by atoms with Crippen molar-refractivity contribution in [2.24, 2.45) is 0 Å². The molecular formula is C13H23N5O2. The van der Waals surface area contributed by atoms with Gasteiger partial charge in [0.05, 0.1) is 12.1 Å². The van der Waals surface area contributed by atoms with E-state index < -0.39 is 0 Å². The van der Waals surface area contributed by atoms with Crippen molar-refractivity contribution in [3.8, 4) is 0 Å². The molecule has 2 aliphatic rings. The van der Waals surface area contributed by atoms with Crippen LogP contribution in [-0.4, -0.2) is 77.5 Å². The standard InChI is InChI=1S/C13H23N5O2/c1-17-3-4-18(2)9(8-17)5-12-15-13(20-16-12)11-6-10(19)7-14-11/h9-11,14,19H,3-8H2,1-2H3/t9?,10-,11-/m0/s1. The molecular weight excluding hydrogens is 258 g/mol. The Balaban J connectivity index is 1.62. The van der Waals surface area contributed by atoms with Crippen LogP contribution in [0.3, 0.4) is 0 Å². The number of aliphatic hydroxyl groups is 1. The summed E-state index contributed by atoms with van der Waals surface area (Å²) < 4.78 is 5.33. The lowest BCUT2D eigenvalue weighted by molar-refractivity contribution is 0.113. The summed E-state index contributed by atoms with van der Waals surface area (Å²) in [6, 6.07) is 0.430. The molecule has 1 aromatic rings. The molecule has 1 unspecified atom stereocenters. The van der Waals surface area contributed by atoms with Crippen molar-refractivity contribution in [3.63, 3.8) is 0 Å². The summed E-state index contributed by atoms with van der Waals surface area (Å²) in [5.74, 6) is 1.36. The molecule has 0 bridgehead atoms. The van der Waals surface area contributed by atoms with Crippen molar-refractivity contribution in [2.75, 3.05) is 40.3 Å². The number of aromatic nitrogens is 2. The van der Waals surface area contributed by atoms with E-state index >= 15 is 0 Å². The SMILES string of the molecule is CN1CCN(C)C(Cc2noc([C@@H]3C[C@H](O)CN3)n2)C1. The highest BCUT2D eigenvalue weighted by Gasteiger charge is 2.29. The first-order valence-corrected chi connectivity index (χ1v) is 7.24. The van der Waals surface area contributed by atoms with Crippen molar-refractivity contribution in [1.82, 2.24) is 25.3 Å². The molecule has 0 aromatic carbocycles. The summed E-state index contributed by atoms with van der Waals surface area (Å²) >= 11 is 0. The number of hydrogen-bond donors (Lipinski definition) is 2. The molecule has 20 heavy (non-hydrogen) atoms. The Morgan fingerprint density at radius 3 is 3.00 bits per heavy atom. The van der Waals surface area contributed by atoms with E-state index in [2.05, 4.69) is 39.4 Å². The Hall–Kier alpha value is -1.02. The number of piperazine rings is 1. The van der Waals surface area contributed by atoms with Crippen LogP contribution in [0, 0.1) is 0 Å². The average Bonchev–Trinajstić information content (AvgIpc) is 3.03. The monoisotopic (exact) mass is 281 g/mol. The van der Waals surface area contributed by atoms with Crippen LogP contribution in [0.2, 0.25) is 0 Å². The number of nitrogens with zero attached hydrogens (tertiary/aromatic N) is 4. The second-order valence-corrected chi connectivity index (χ2v) is 6.00. The largest absolute Gasteiger partial charge is 0.392 e. The van der Waals surface area contributed by atoms with E-state index in [0.717, 1.165) is 31.9 Å². The Morgan fingerprint density at radius 1 is 1.40 bits per heavy atom. The molecule has 2 fully saturated rings. The highest BCUT2D eigenvalue weighted by Crippen LogP contribution is 2.22. The van der Waals surface area contributed by atoms with E-state index in [9.17, 15) is 5.11 Å². The van der Waals surface area contributed by atoms with Crippen LogP contribution >= 0.6 is 0 Å². The van der Waals surface area contributed by atoms with E-state index in [-0.39, 0.29) is 12.1 Å². The van der Waals surface area contributed by atoms with Gasteiger partial charge in [0.25, 0.3) is 0 Å². The molecule has 2 saturated heterocycles. The van der Waals surface area contributed by atoms with Crippen LogP contribution in [-0.2, 0) is 6.42 Å². The highest BCUT2D eigenvalue weighted by molar-refractivity contribution is 4.99. The Morgan fingerprint density at radius 2 is 2.25 bits per heavy atom. The van der Waals surface area contributed by atoms with Crippen LogP contribution in [0.1, 0.15) is 24.2 Å². The maximum absolute atomic E-state index is 9.53.